The Hall–Kier alpha value is -4.03. The molecule has 0 fully saturated rings. The van der Waals surface area contributed by atoms with Gasteiger partial charge in [-0.05, 0) is 47.7 Å². The number of esters is 1. The average molecular weight is 442 g/mol. The third-order valence-corrected chi connectivity index (χ3v) is 5.17. The fourth-order valence-electron chi connectivity index (χ4n) is 3.32. The lowest BCUT2D eigenvalue weighted by molar-refractivity contribution is -0.139. The van der Waals surface area contributed by atoms with E-state index in [4.69, 9.17) is 10.5 Å². The fourth-order valence-corrected chi connectivity index (χ4v) is 3.32. The molecular weight excluding hydrogens is 414 g/mol. The summed E-state index contributed by atoms with van der Waals surface area (Å²) in [5.74, 6) is -1.10. The molecule has 0 radical (unpaired) electrons. The molecule has 168 valence electrons. The molecule has 1 amide bonds. The monoisotopic (exact) mass is 441 g/mol. The summed E-state index contributed by atoms with van der Waals surface area (Å²) in [6.07, 6.45) is 10.1. The number of hydrogen-bond acceptors (Lipinski definition) is 5. The largest absolute Gasteiger partial charge is 0.457 e. The summed E-state index contributed by atoms with van der Waals surface area (Å²) in [6.45, 7) is 5.65. The van der Waals surface area contributed by atoms with E-state index in [9.17, 15) is 9.59 Å². The summed E-state index contributed by atoms with van der Waals surface area (Å²) in [7, 11) is 0. The number of benzene rings is 2. The van der Waals surface area contributed by atoms with Gasteiger partial charge in [0.2, 0.25) is 5.91 Å². The molecule has 1 unspecified atom stereocenters. The van der Waals surface area contributed by atoms with Crippen LogP contribution in [-0.2, 0) is 20.9 Å². The number of fused-ring (bicyclic) bond motifs is 1. The van der Waals surface area contributed by atoms with Crippen molar-refractivity contribution in [1.29, 1.82) is 0 Å². The second-order valence-electron chi connectivity index (χ2n) is 7.37. The maximum atomic E-state index is 12.9. The van der Waals surface area contributed by atoms with E-state index in [1.54, 1.807) is 43.6 Å². The molecule has 1 atom stereocenters. The molecule has 0 aliphatic rings. The predicted molar refractivity (Wildman–Crippen MR) is 132 cm³/mol. The van der Waals surface area contributed by atoms with E-state index in [0.717, 1.165) is 21.9 Å². The number of amides is 1. The number of allylic oxidation sites excluding steroid dienone is 3. The van der Waals surface area contributed by atoms with E-state index in [2.05, 4.69) is 16.9 Å². The van der Waals surface area contributed by atoms with E-state index >= 15 is 0 Å². The highest BCUT2D eigenvalue weighted by Crippen LogP contribution is 2.22. The number of ether oxygens (including phenoxy) is 1. The first kappa shape index (κ1) is 23.6. The molecule has 3 rings (SSSR count). The van der Waals surface area contributed by atoms with Gasteiger partial charge in [0, 0.05) is 30.0 Å². The molecule has 0 saturated carbocycles. The van der Waals surface area contributed by atoms with E-state index in [-0.39, 0.29) is 19.1 Å². The molecular formula is C27H27N3O3. The molecule has 0 spiro atoms. The molecule has 2 aromatic carbocycles. The number of rotatable bonds is 9. The Morgan fingerprint density at radius 1 is 1.15 bits per heavy atom. The summed E-state index contributed by atoms with van der Waals surface area (Å²) in [5, 5.41) is 4.94. The highest BCUT2D eigenvalue weighted by atomic mass is 16.5. The number of anilines is 1. The second-order valence-corrected chi connectivity index (χ2v) is 7.37. The van der Waals surface area contributed by atoms with Crippen LogP contribution in [0.4, 0.5) is 5.69 Å². The van der Waals surface area contributed by atoms with Crippen molar-refractivity contribution in [3.63, 3.8) is 0 Å². The topological polar surface area (TPSA) is 94.3 Å². The number of carbonyl (C=O) groups is 2. The number of nitrogens with two attached hydrogens (primary N) is 1. The number of nitrogens with zero attached hydrogens (tertiary/aromatic N) is 1. The Morgan fingerprint density at radius 2 is 1.94 bits per heavy atom. The molecule has 1 aromatic heterocycles. The number of carbonyl (C=O) groups excluding carboxylic acids is 2. The minimum absolute atomic E-state index is 0.129. The summed E-state index contributed by atoms with van der Waals surface area (Å²) < 4.78 is 5.37. The summed E-state index contributed by atoms with van der Waals surface area (Å²) in [5.41, 5.74) is 8.68. The Labute approximate surface area is 193 Å². The van der Waals surface area contributed by atoms with Crippen molar-refractivity contribution >= 4 is 28.3 Å². The van der Waals surface area contributed by atoms with Gasteiger partial charge in [-0.15, -0.1) is 0 Å². The van der Waals surface area contributed by atoms with Crippen LogP contribution in [0.5, 0.6) is 0 Å². The molecule has 1 heterocycles. The maximum absolute atomic E-state index is 12.9. The van der Waals surface area contributed by atoms with E-state index in [1.165, 1.54) is 0 Å². The van der Waals surface area contributed by atoms with Gasteiger partial charge in [-0.1, -0.05) is 55.1 Å². The minimum atomic E-state index is -0.506. The van der Waals surface area contributed by atoms with Crippen molar-refractivity contribution < 1.29 is 14.3 Å². The molecule has 3 aromatic rings. The number of pyridine rings is 1. The standard InChI is InChI=1S/C27H27N3O3/c1-3-5-6-20(4-2)27(32)33-18-19-7-9-21(10-8-19)25(16-28)26(31)30-24-12-11-23-17-29-14-13-22(23)15-24/h3-15,17,25H,1,16,18,28H2,2H3,(H,30,31)/b6-5-,20-4+. The normalized spacial score (nSPS) is 12.5. The van der Waals surface area contributed by atoms with Crippen LogP contribution in [0.2, 0.25) is 0 Å². The van der Waals surface area contributed by atoms with Crippen LogP contribution >= 0.6 is 0 Å². The zero-order valence-corrected chi connectivity index (χ0v) is 18.5. The van der Waals surface area contributed by atoms with Gasteiger partial charge in [0.15, 0.2) is 0 Å². The Kier molecular flexibility index (Phi) is 8.27. The summed E-state index contributed by atoms with van der Waals surface area (Å²) in [6, 6.07) is 14.9. The van der Waals surface area contributed by atoms with E-state index in [0.29, 0.717) is 11.3 Å². The van der Waals surface area contributed by atoms with Crippen molar-refractivity contribution in [2.45, 2.75) is 19.4 Å². The molecule has 33 heavy (non-hydrogen) atoms. The Balaban J connectivity index is 1.63. The molecule has 6 nitrogen and oxygen atoms in total. The van der Waals surface area contributed by atoms with Crippen molar-refractivity contribution in [3.05, 3.63) is 109 Å². The van der Waals surface area contributed by atoms with Gasteiger partial charge in [-0.25, -0.2) is 4.79 Å². The summed E-state index contributed by atoms with van der Waals surface area (Å²) in [4.78, 5) is 29.2. The molecule has 3 N–H and O–H groups in total. The van der Waals surface area contributed by atoms with Gasteiger partial charge >= 0.3 is 5.97 Å². The van der Waals surface area contributed by atoms with E-state index in [1.807, 2.05) is 48.5 Å². The quantitative estimate of drug-likeness (QED) is 0.286. The van der Waals surface area contributed by atoms with E-state index < -0.39 is 11.9 Å². The van der Waals surface area contributed by atoms with Crippen molar-refractivity contribution in [2.75, 3.05) is 11.9 Å². The van der Waals surface area contributed by atoms with Gasteiger partial charge < -0.3 is 15.8 Å². The first-order valence-electron chi connectivity index (χ1n) is 10.6. The third-order valence-electron chi connectivity index (χ3n) is 5.17. The third kappa shape index (κ3) is 6.24. The zero-order valence-electron chi connectivity index (χ0n) is 18.5. The van der Waals surface area contributed by atoms with Crippen LogP contribution in [-0.4, -0.2) is 23.4 Å². The molecule has 0 aliphatic carbocycles. The van der Waals surface area contributed by atoms with Crippen LogP contribution < -0.4 is 11.1 Å². The fraction of sp³-hybridized carbons (Fsp3) is 0.148. The molecule has 0 saturated heterocycles. The van der Waals surface area contributed by atoms with Crippen LogP contribution in [0, 0.1) is 0 Å². The number of aromatic nitrogens is 1. The van der Waals surface area contributed by atoms with Gasteiger partial charge in [-0.3, -0.25) is 9.78 Å². The Morgan fingerprint density at radius 3 is 2.64 bits per heavy atom. The van der Waals surface area contributed by atoms with Crippen LogP contribution in [0.15, 0.2) is 97.4 Å². The van der Waals surface area contributed by atoms with Crippen LogP contribution in [0.3, 0.4) is 0 Å². The van der Waals surface area contributed by atoms with Crippen molar-refractivity contribution in [1.82, 2.24) is 4.98 Å². The average Bonchev–Trinajstić information content (AvgIpc) is 2.84. The molecule has 6 heteroatoms. The Bertz CT molecular complexity index is 1200. The highest BCUT2D eigenvalue weighted by molar-refractivity contribution is 5.98. The van der Waals surface area contributed by atoms with Crippen LogP contribution in [0.1, 0.15) is 24.0 Å². The number of hydrogen-bond donors (Lipinski definition) is 2. The SMILES string of the molecule is C=C/C=C\C(=C/C)C(=O)OCc1ccc(C(CN)C(=O)Nc2ccc3cnccc3c2)cc1. The van der Waals surface area contributed by atoms with Gasteiger partial charge in [0.1, 0.15) is 6.61 Å². The zero-order chi connectivity index (χ0) is 23.6. The van der Waals surface area contributed by atoms with Gasteiger partial charge in [0.25, 0.3) is 0 Å². The number of nitrogens with one attached hydrogen (secondary N) is 1. The lowest BCUT2D eigenvalue weighted by Gasteiger charge is -2.16. The maximum Gasteiger partial charge on any atom is 0.338 e. The first-order chi connectivity index (χ1) is 16.0. The highest BCUT2D eigenvalue weighted by Gasteiger charge is 2.19. The lowest BCUT2D eigenvalue weighted by atomic mass is 9.97. The minimum Gasteiger partial charge on any atom is -0.457 e. The van der Waals surface area contributed by atoms with Gasteiger partial charge in [0.05, 0.1) is 11.5 Å². The van der Waals surface area contributed by atoms with Crippen LogP contribution in [0.25, 0.3) is 10.8 Å². The van der Waals surface area contributed by atoms with Crippen molar-refractivity contribution in [2.24, 2.45) is 5.73 Å². The van der Waals surface area contributed by atoms with Crippen molar-refractivity contribution in [3.8, 4) is 0 Å². The first-order valence-corrected chi connectivity index (χ1v) is 10.6. The second kappa shape index (κ2) is 11.5. The predicted octanol–water partition coefficient (Wildman–Crippen LogP) is 4.65. The molecule has 0 bridgehead atoms. The lowest BCUT2D eigenvalue weighted by Crippen LogP contribution is -2.27. The van der Waals surface area contributed by atoms with Gasteiger partial charge in [-0.2, -0.15) is 0 Å². The smallest absolute Gasteiger partial charge is 0.338 e. The molecule has 0 aliphatic heterocycles. The summed E-state index contributed by atoms with van der Waals surface area (Å²) >= 11 is 0.